The molecule has 0 heterocycles. The molecule has 0 radical (unpaired) electrons. The minimum Gasteiger partial charge on any atom is -0.497 e. The number of carbonyl (C=O) groups is 2. The molecule has 142 valence electrons. The van der Waals surface area contributed by atoms with Crippen LogP contribution < -0.4 is 10.1 Å². The average molecular weight is 367 g/mol. The van der Waals surface area contributed by atoms with E-state index in [1.165, 1.54) is 11.1 Å². The second-order valence-corrected chi connectivity index (χ2v) is 6.72. The minimum atomic E-state index is -0.370. The number of benzene rings is 2. The molecule has 1 N–H and O–H groups in total. The second kappa shape index (κ2) is 9.21. The van der Waals surface area contributed by atoms with Crippen LogP contribution in [0.2, 0.25) is 0 Å². The van der Waals surface area contributed by atoms with Crippen LogP contribution in [0.3, 0.4) is 0 Å². The highest BCUT2D eigenvalue weighted by molar-refractivity contribution is 5.81. The molecule has 0 bridgehead atoms. The maximum Gasteiger partial charge on any atom is 0.306 e. The summed E-state index contributed by atoms with van der Waals surface area (Å²) in [5.74, 6) is 0.154. The van der Waals surface area contributed by atoms with Gasteiger partial charge in [-0.1, -0.05) is 36.4 Å². The SMILES string of the molecule is COc1ccc(CCC(=O)OCC(=O)N[C@H]2CCCc3ccccc32)cc1. The van der Waals surface area contributed by atoms with Gasteiger partial charge in [0.15, 0.2) is 6.61 Å². The van der Waals surface area contributed by atoms with Crippen molar-refractivity contribution >= 4 is 11.9 Å². The number of ether oxygens (including phenoxy) is 2. The van der Waals surface area contributed by atoms with Crippen molar-refractivity contribution < 1.29 is 19.1 Å². The van der Waals surface area contributed by atoms with Crippen molar-refractivity contribution in [3.8, 4) is 5.75 Å². The Balaban J connectivity index is 1.42. The van der Waals surface area contributed by atoms with Crippen molar-refractivity contribution in [3.63, 3.8) is 0 Å². The third-order valence-corrected chi connectivity index (χ3v) is 4.85. The number of carbonyl (C=O) groups excluding carboxylic acids is 2. The topological polar surface area (TPSA) is 64.6 Å². The first-order chi connectivity index (χ1) is 13.2. The molecule has 5 nitrogen and oxygen atoms in total. The fourth-order valence-corrected chi connectivity index (χ4v) is 3.40. The lowest BCUT2D eigenvalue weighted by molar-refractivity contribution is -0.148. The van der Waals surface area contributed by atoms with Crippen molar-refractivity contribution in [1.82, 2.24) is 5.32 Å². The highest BCUT2D eigenvalue weighted by Gasteiger charge is 2.21. The van der Waals surface area contributed by atoms with Crippen molar-refractivity contribution in [3.05, 3.63) is 65.2 Å². The average Bonchev–Trinajstić information content (AvgIpc) is 2.71. The molecular weight excluding hydrogens is 342 g/mol. The molecule has 0 saturated carbocycles. The lowest BCUT2D eigenvalue weighted by atomic mass is 9.88. The van der Waals surface area contributed by atoms with E-state index >= 15 is 0 Å². The lowest BCUT2D eigenvalue weighted by Crippen LogP contribution is -2.34. The van der Waals surface area contributed by atoms with Gasteiger partial charge in [0.1, 0.15) is 5.75 Å². The minimum absolute atomic E-state index is 0.000418. The molecule has 0 aromatic heterocycles. The van der Waals surface area contributed by atoms with Gasteiger partial charge in [-0.25, -0.2) is 0 Å². The zero-order chi connectivity index (χ0) is 19.1. The molecule has 0 unspecified atom stereocenters. The highest BCUT2D eigenvalue weighted by Crippen LogP contribution is 2.29. The Morgan fingerprint density at radius 2 is 1.89 bits per heavy atom. The van der Waals surface area contributed by atoms with Crippen LogP contribution in [-0.4, -0.2) is 25.6 Å². The van der Waals surface area contributed by atoms with E-state index in [9.17, 15) is 9.59 Å². The van der Waals surface area contributed by atoms with Gasteiger partial charge in [-0.15, -0.1) is 0 Å². The Kier molecular flexibility index (Phi) is 6.47. The van der Waals surface area contributed by atoms with Crippen molar-refractivity contribution in [1.29, 1.82) is 0 Å². The van der Waals surface area contributed by atoms with E-state index in [0.717, 1.165) is 30.6 Å². The van der Waals surface area contributed by atoms with Crippen LogP contribution in [-0.2, 0) is 27.2 Å². The van der Waals surface area contributed by atoms with Gasteiger partial charge in [-0.05, 0) is 54.5 Å². The van der Waals surface area contributed by atoms with Crippen molar-refractivity contribution in [2.24, 2.45) is 0 Å². The van der Waals surface area contributed by atoms with E-state index in [4.69, 9.17) is 9.47 Å². The van der Waals surface area contributed by atoms with Gasteiger partial charge in [-0.2, -0.15) is 0 Å². The van der Waals surface area contributed by atoms with Gasteiger partial charge in [0, 0.05) is 6.42 Å². The van der Waals surface area contributed by atoms with Crippen LogP contribution in [0.5, 0.6) is 5.75 Å². The van der Waals surface area contributed by atoms with E-state index in [1.807, 2.05) is 36.4 Å². The summed E-state index contributed by atoms with van der Waals surface area (Å²) in [7, 11) is 1.61. The third kappa shape index (κ3) is 5.33. The molecule has 0 saturated heterocycles. The summed E-state index contributed by atoms with van der Waals surface area (Å²) in [6.45, 7) is -0.236. The van der Waals surface area contributed by atoms with Gasteiger partial charge in [0.2, 0.25) is 0 Å². The first kappa shape index (κ1) is 19.0. The number of fused-ring (bicyclic) bond motifs is 1. The molecule has 0 aliphatic heterocycles. The third-order valence-electron chi connectivity index (χ3n) is 4.85. The van der Waals surface area contributed by atoms with E-state index < -0.39 is 0 Å². The summed E-state index contributed by atoms with van der Waals surface area (Å²) in [6.07, 6.45) is 3.81. The van der Waals surface area contributed by atoms with Gasteiger partial charge in [-0.3, -0.25) is 9.59 Å². The molecule has 1 atom stereocenters. The number of aryl methyl sites for hydroxylation is 2. The fraction of sp³-hybridized carbons (Fsp3) is 0.364. The molecular formula is C22H25NO4. The highest BCUT2D eigenvalue weighted by atomic mass is 16.5. The van der Waals surface area contributed by atoms with Gasteiger partial charge >= 0.3 is 5.97 Å². The molecule has 2 aromatic carbocycles. The van der Waals surface area contributed by atoms with E-state index in [1.54, 1.807) is 7.11 Å². The van der Waals surface area contributed by atoms with Crippen LogP contribution >= 0.6 is 0 Å². The molecule has 1 amide bonds. The molecule has 1 aliphatic rings. The Labute approximate surface area is 159 Å². The number of esters is 1. The van der Waals surface area contributed by atoms with Crippen LogP contribution in [0.15, 0.2) is 48.5 Å². The van der Waals surface area contributed by atoms with Crippen LogP contribution in [0.25, 0.3) is 0 Å². The molecule has 5 heteroatoms. The van der Waals surface area contributed by atoms with Gasteiger partial charge in [0.05, 0.1) is 13.2 Å². The quantitative estimate of drug-likeness (QED) is 0.762. The maximum absolute atomic E-state index is 12.2. The number of nitrogens with one attached hydrogen (secondary N) is 1. The van der Waals surface area contributed by atoms with Gasteiger partial charge < -0.3 is 14.8 Å². The van der Waals surface area contributed by atoms with Crippen LogP contribution in [0.1, 0.15) is 42.0 Å². The lowest BCUT2D eigenvalue weighted by Gasteiger charge is -2.26. The summed E-state index contributed by atoms with van der Waals surface area (Å²) >= 11 is 0. The van der Waals surface area contributed by atoms with Crippen molar-refractivity contribution in [2.75, 3.05) is 13.7 Å². The van der Waals surface area contributed by atoms with E-state index in [-0.39, 0.29) is 30.9 Å². The first-order valence-corrected chi connectivity index (χ1v) is 9.31. The molecule has 1 aliphatic carbocycles. The van der Waals surface area contributed by atoms with Gasteiger partial charge in [0.25, 0.3) is 5.91 Å². The number of methoxy groups -OCH3 is 1. The fourth-order valence-electron chi connectivity index (χ4n) is 3.40. The molecule has 27 heavy (non-hydrogen) atoms. The van der Waals surface area contributed by atoms with Crippen LogP contribution in [0, 0.1) is 0 Å². The Hall–Kier alpha value is -2.82. The number of amides is 1. The largest absolute Gasteiger partial charge is 0.497 e. The second-order valence-electron chi connectivity index (χ2n) is 6.72. The maximum atomic E-state index is 12.2. The Bertz CT molecular complexity index is 785. The predicted octanol–water partition coefficient (Wildman–Crippen LogP) is 3.36. The molecule has 3 rings (SSSR count). The molecule has 0 fully saturated rings. The van der Waals surface area contributed by atoms with Crippen molar-refractivity contribution in [2.45, 2.75) is 38.1 Å². The summed E-state index contributed by atoms with van der Waals surface area (Å²) < 4.78 is 10.2. The number of rotatable bonds is 7. The van der Waals surface area contributed by atoms with Crippen LogP contribution in [0.4, 0.5) is 0 Å². The number of hydrogen-bond acceptors (Lipinski definition) is 4. The summed E-state index contributed by atoms with van der Waals surface area (Å²) in [4.78, 5) is 24.1. The normalized spacial score (nSPS) is 15.5. The Morgan fingerprint density at radius 3 is 2.67 bits per heavy atom. The zero-order valence-electron chi connectivity index (χ0n) is 15.6. The molecule has 0 spiro atoms. The van der Waals surface area contributed by atoms with E-state index in [2.05, 4.69) is 17.4 Å². The zero-order valence-corrected chi connectivity index (χ0v) is 15.6. The Morgan fingerprint density at radius 1 is 1.11 bits per heavy atom. The van der Waals surface area contributed by atoms with E-state index in [0.29, 0.717) is 6.42 Å². The number of hydrogen-bond donors (Lipinski definition) is 1. The summed E-state index contributed by atoms with van der Waals surface area (Å²) in [6, 6.07) is 15.7. The predicted molar refractivity (Wildman–Crippen MR) is 103 cm³/mol. The first-order valence-electron chi connectivity index (χ1n) is 9.31. The standard InChI is InChI=1S/C22H25NO4/c1-26-18-12-9-16(10-13-18)11-14-22(25)27-15-21(24)23-20-8-4-6-17-5-2-3-7-19(17)20/h2-3,5,7,9-10,12-13,20H,4,6,8,11,14-15H2,1H3,(H,23,24)/t20-/m0/s1. The molecule has 2 aromatic rings. The monoisotopic (exact) mass is 367 g/mol. The summed E-state index contributed by atoms with van der Waals surface area (Å²) in [5, 5.41) is 2.99. The summed E-state index contributed by atoms with van der Waals surface area (Å²) in [5.41, 5.74) is 3.48. The smallest absolute Gasteiger partial charge is 0.306 e.